The van der Waals surface area contributed by atoms with E-state index in [1.54, 1.807) is 24.3 Å². The van der Waals surface area contributed by atoms with E-state index in [1.807, 2.05) is 0 Å². The number of phenolic OH excluding ortho intramolecular Hbond substituents is 1. The van der Waals surface area contributed by atoms with Crippen molar-refractivity contribution in [2.75, 3.05) is 16.8 Å². The zero-order valence-corrected chi connectivity index (χ0v) is 15.4. The van der Waals surface area contributed by atoms with Crippen LogP contribution in [-0.4, -0.2) is 37.6 Å². The molecule has 29 heavy (non-hydrogen) atoms. The Morgan fingerprint density at radius 3 is 2.41 bits per heavy atom. The molecule has 3 aromatic rings. The molecule has 1 heterocycles. The van der Waals surface area contributed by atoms with Crippen LogP contribution in [0.25, 0.3) is 0 Å². The first-order chi connectivity index (χ1) is 13.8. The van der Waals surface area contributed by atoms with Crippen LogP contribution in [0.15, 0.2) is 54.7 Å². The Kier molecular flexibility index (Phi) is 5.74. The van der Waals surface area contributed by atoms with E-state index < -0.39 is 23.1 Å². The summed E-state index contributed by atoms with van der Waals surface area (Å²) in [5.74, 6) is -1.44. The number of nitrogens with zero attached hydrogens (tertiary/aromatic N) is 4. The van der Waals surface area contributed by atoms with Gasteiger partial charge in [-0.15, -0.1) is 0 Å². The molecule has 0 amide bonds. The normalized spacial score (nSPS) is 10.4. The molecule has 0 saturated carbocycles. The zero-order valence-electron chi connectivity index (χ0n) is 14.7. The first kappa shape index (κ1) is 19.8. The second-order valence-corrected chi connectivity index (χ2v) is 6.22. The number of phenols is 1. The fourth-order valence-corrected chi connectivity index (χ4v) is 2.60. The Labute approximate surface area is 169 Å². The molecular weight excluding hydrogens is 402 g/mol. The van der Waals surface area contributed by atoms with E-state index in [1.165, 1.54) is 24.3 Å². The molecule has 0 aliphatic heterocycles. The van der Waals surface area contributed by atoms with Crippen molar-refractivity contribution in [1.82, 2.24) is 9.97 Å². The maximum atomic E-state index is 11.5. The molecule has 2 aromatic carbocycles. The summed E-state index contributed by atoms with van der Waals surface area (Å²) in [5.41, 5.74) is 0.411. The second-order valence-electron chi connectivity index (χ2n) is 5.79. The van der Waals surface area contributed by atoms with Crippen LogP contribution < -0.4 is 10.2 Å². The fraction of sp³-hybridized carbons (Fsp3) is 0.0556. The molecule has 0 spiro atoms. The summed E-state index contributed by atoms with van der Waals surface area (Å²) in [6.45, 7) is -0.594. The van der Waals surface area contributed by atoms with Crippen molar-refractivity contribution in [3.05, 3.63) is 69.9 Å². The topological polar surface area (TPSA) is 142 Å². The van der Waals surface area contributed by atoms with Crippen molar-refractivity contribution < 1.29 is 19.9 Å². The molecule has 0 unspecified atom stereocenters. The molecule has 1 aromatic heterocycles. The van der Waals surface area contributed by atoms with Crippen LogP contribution in [0, 0.1) is 10.1 Å². The van der Waals surface area contributed by atoms with Crippen LogP contribution in [0.5, 0.6) is 5.75 Å². The maximum absolute atomic E-state index is 11.5. The van der Waals surface area contributed by atoms with Gasteiger partial charge in [0.15, 0.2) is 0 Å². The number of carbonyl (C=O) groups is 1. The number of rotatable bonds is 7. The van der Waals surface area contributed by atoms with Gasteiger partial charge in [0.05, 0.1) is 4.92 Å². The number of anilines is 4. The minimum atomic E-state index is -1.22. The highest BCUT2D eigenvalue weighted by atomic mass is 35.5. The van der Waals surface area contributed by atoms with Crippen molar-refractivity contribution in [2.24, 2.45) is 0 Å². The Morgan fingerprint density at radius 2 is 1.83 bits per heavy atom. The minimum Gasteiger partial charge on any atom is -0.508 e. The lowest BCUT2D eigenvalue weighted by atomic mass is 10.2. The number of carboxylic acid groups (broad SMARTS) is 1. The van der Waals surface area contributed by atoms with Gasteiger partial charge in [-0.3, -0.25) is 14.9 Å². The number of hydrogen-bond acceptors (Lipinski definition) is 8. The van der Waals surface area contributed by atoms with Gasteiger partial charge in [0.2, 0.25) is 11.8 Å². The number of aliphatic carboxylic acids is 1. The standard InChI is InChI=1S/C18H14ClN5O5/c19-11-1-3-12(4-2-11)21-18-20-9-15(24(28)29)17(22-18)23(10-16(26)27)13-5-7-14(25)8-6-13/h1-9,25H,10H2,(H,26,27)(H,20,21,22). The summed E-state index contributed by atoms with van der Waals surface area (Å²) in [6, 6.07) is 12.2. The van der Waals surface area contributed by atoms with E-state index in [0.717, 1.165) is 11.1 Å². The summed E-state index contributed by atoms with van der Waals surface area (Å²) in [7, 11) is 0. The number of nitro groups is 1. The van der Waals surface area contributed by atoms with Crippen molar-refractivity contribution >= 4 is 46.4 Å². The van der Waals surface area contributed by atoms with Crippen LogP contribution in [0.1, 0.15) is 0 Å². The predicted molar refractivity (Wildman–Crippen MR) is 106 cm³/mol. The molecule has 0 radical (unpaired) electrons. The molecule has 0 saturated heterocycles. The molecular formula is C18H14ClN5O5. The van der Waals surface area contributed by atoms with E-state index >= 15 is 0 Å². The SMILES string of the molecule is O=C(O)CN(c1ccc(O)cc1)c1nc(Nc2ccc(Cl)cc2)ncc1[N+](=O)[O-]. The van der Waals surface area contributed by atoms with Gasteiger partial charge in [-0.1, -0.05) is 11.6 Å². The van der Waals surface area contributed by atoms with Crippen LogP contribution >= 0.6 is 11.6 Å². The summed E-state index contributed by atoms with van der Waals surface area (Å²) < 4.78 is 0. The average Bonchev–Trinajstić information content (AvgIpc) is 2.68. The van der Waals surface area contributed by atoms with Crippen LogP contribution in [0.2, 0.25) is 5.02 Å². The second kappa shape index (κ2) is 8.40. The first-order valence-electron chi connectivity index (χ1n) is 8.16. The first-order valence-corrected chi connectivity index (χ1v) is 8.53. The van der Waals surface area contributed by atoms with Gasteiger partial charge >= 0.3 is 11.7 Å². The van der Waals surface area contributed by atoms with Gasteiger partial charge in [-0.2, -0.15) is 4.98 Å². The molecule has 11 heteroatoms. The van der Waals surface area contributed by atoms with Crippen molar-refractivity contribution in [3.63, 3.8) is 0 Å². The highest BCUT2D eigenvalue weighted by molar-refractivity contribution is 6.30. The Bertz CT molecular complexity index is 1040. The number of benzene rings is 2. The van der Waals surface area contributed by atoms with Crippen molar-refractivity contribution in [2.45, 2.75) is 0 Å². The third-order valence-electron chi connectivity index (χ3n) is 3.76. The van der Waals surface area contributed by atoms with Gasteiger partial charge in [0.25, 0.3) is 0 Å². The van der Waals surface area contributed by atoms with Crippen molar-refractivity contribution in [1.29, 1.82) is 0 Å². The van der Waals surface area contributed by atoms with Crippen molar-refractivity contribution in [3.8, 4) is 5.75 Å². The highest BCUT2D eigenvalue weighted by Crippen LogP contribution is 2.33. The van der Waals surface area contributed by atoms with E-state index in [2.05, 4.69) is 15.3 Å². The van der Waals surface area contributed by atoms with Crippen LogP contribution in [-0.2, 0) is 4.79 Å². The number of hydrogen-bond donors (Lipinski definition) is 3. The van der Waals surface area contributed by atoms with Gasteiger partial charge in [-0.25, -0.2) is 4.98 Å². The highest BCUT2D eigenvalue weighted by Gasteiger charge is 2.26. The fourth-order valence-electron chi connectivity index (χ4n) is 2.47. The van der Waals surface area contributed by atoms with Gasteiger partial charge < -0.3 is 20.4 Å². The number of halogens is 1. The van der Waals surface area contributed by atoms with Gasteiger partial charge in [0, 0.05) is 16.4 Å². The van der Waals surface area contributed by atoms with Crippen LogP contribution in [0.3, 0.4) is 0 Å². The summed E-state index contributed by atoms with van der Waals surface area (Å²) in [6.07, 6.45) is 0.996. The maximum Gasteiger partial charge on any atom is 0.330 e. The van der Waals surface area contributed by atoms with Crippen LogP contribution in [0.4, 0.5) is 28.8 Å². The van der Waals surface area contributed by atoms with Gasteiger partial charge in [-0.05, 0) is 48.5 Å². The lowest BCUT2D eigenvalue weighted by Crippen LogP contribution is -2.26. The molecule has 0 aliphatic rings. The summed E-state index contributed by atoms with van der Waals surface area (Å²) in [4.78, 5) is 31.4. The number of aromatic nitrogens is 2. The number of aromatic hydroxyl groups is 1. The molecule has 0 bridgehead atoms. The Morgan fingerprint density at radius 1 is 1.17 bits per heavy atom. The minimum absolute atomic E-state index is 0.0297. The molecule has 3 rings (SSSR count). The Balaban J connectivity index is 2.06. The Hall–Kier alpha value is -3.92. The molecule has 0 fully saturated rings. The third kappa shape index (κ3) is 4.87. The van der Waals surface area contributed by atoms with E-state index in [4.69, 9.17) is 11.6 Å². The summed E-state index contributed by atoms with van der Waals surface area (Å²) in [5, 5.41) is 33.7. The largest absolute Gasteiger partial charge is 0.508 e. The monoisotopic (exact) mass is 415 g/mol. The lowest BCUT2D eigenvalue weighted by molar-refractivity contribution is -0.384. The zero-order chi connectivity index (χ0) is 21.0. The number of carboxylic acids is 1. The molecule has 0 aliphatic carbocycles. The van der Waals surface area contributed by atoms with E-state index in [0.29, 0.717) is 16.4 Å². The van der Waals surface area contributed by atoms with E-state index in [9.17, 15) is 25.1 Å². The van der Waals surface area contributed by atoms with Gasteiger partial charge in [0.1, 0.15) is 18.5 Å². The third-order valence-corrected chi connectivity index (χ3v) is 4.01. The average molecular weight is 416 g/mol. The quantitative estimate of drug-likeness (QED) is 0.388. The molecule has 0 atom stereocenters. The molecule has 3 N–H and O–H groups in total. The lowest BCUT2D eigenvalue weighted by Gasteiger charge is -2.22. The summed E-state index contributed by atoms with van der Waals surface area (Å²) >= 11 is 5.85. The predicted octanol–water partition coefficient (Wildman–Crippen LogP) is 3.71. The molecule has 148 valence electrons. The number of nitrogens with one attached hydrogen (secondary N) is 1. The molecule has 10 nitrogen and oxygen atoms in total. The van der Waals surface area contributed by atoms with E-state index in [-0.39, 0.29) is 17.5 Å². The smallest absolute Gasteiger partial charge is 0.330 e.